The van der Waals surface area contributed by atoms with E-state index in [1.54, 1.807) is 0 Å². The number of allylic oxidation sites excluding steroid dienone is 4. The number of fused-ring (bicyclic) bond motifs is 8. The third-order valence-corrected chi connectivity index (χ3v) is 14.0. The monoisotopic (exact) mass is 779 g/mol. The van der Waals surface area contributed by atoms with Crippen molar-refractivity contribution in [2.75, 3.05) is 4.90 Å². The Balaban J connectivity index is 1.07. The van der Waals surface area contributed by atoms with E-state index >= 15 is 0 Å². The molecule has 1 nitrogen and oxygen atoms in total. The van der Waals surface area contributed by atoms with Gasteiger partial charge in [0.15, 0.2) is 0 Å². The van der Waals surface area contributed by atoms with E-state index in [1.807, 2.05) is 0 Å². The molecular weight excluding hydrogens is 735 g/mol. The van der Waals surface area contributed by atoms with Crippen molar-refractivity contribution in [3.8, 4) is 22.3 Å². The van der Waals surface area contributed by atoms with Crippen molar-refractivity contribution in [2.45, 2.75) is 37.5 Å². The van der Waals surface area contributed by atoms with Crippen LogP contribution in [0.4, 0.5) is 11.4 Å². The van der Waals surface area contributed by atoms with Crippen molar-refractivity contribution in [3.05, 3.63) is 257 Å². The molecule has 0 saturated carbocycles. The fraction of sp³-hybridized carbons (Fsp3) is 0.100. The second kappa shape index (κ2) is 13.7. The van der Waals surface area contributed by atoms with Gasteiger partial charge in [-0.2, -0.15) is 0 Å². The van der Waals surface area contributed by atoms with Gasteiger partial charge in [0.25, 0.3) is 0 Å². The summed E-state index contributed by atoms with van der Waals surface area (Å²) >= 11 is 0. The van der Waals surface area contributed by atoms with Crippen LogP contribution in [0.15, 0.2) is 224 Å². The highest BCUT2D eigenvalue weighted by molar-refractivity contribution is 6.08. The quantitative estimate of drug-likeness (QED) is 0.152. The molecule has 12 rings (SSSR count). The molecule has 0 amide bonds. The van der Waals surface area contributed by atoms with Crippen LogP contribution in [0.3, 0.4) is 0 Å². The van der Waals surface area contributed by atoms with Gasteiger partial charge in [0.05, 0.1) is 5.41 Å². The number of benzene rings is 9. The summed E-state index contributed by atoms with van der Waals surface area (Å²) in [5.74, 6) is 0. The molecule has 0 aromatic heterocycles. The van der Waals surface area contributed by atoms with E-state index in [0.29, 0.717) is 0 Å². The molecule has 0 unspecified atom stereocenters. The van der Waals surface area contributed by atoms with Gasteiger partial charge >= 0.3 is 0 Å². The van der Waals surface area contributed by atoms with Crippen molar-refractivity contribution in [1.82, 2.24) is 0 Å². The lowest BCUT2D eigenvalue weighted by atomic mass is 9.66. The standard InChI is InChI=1S/C60H45N/c1-59(2)55-26-13-11-25-52(55)54-38-42(30-35-56(54)59)41-17-15-22-46(36-41)61(47-31-33-50-43(37-47)29-28-40-16-9-10-23-49(40)50)48-32-34-53-51-24-12-14-27-57(51)60(58(53)39-48,44-18-5-3-6-19-44)45-20-7-4-8-21-45/h3-31,33,35-39H,32,34H2,1-2H3. The molecule has 3 aliphatic rings. The van der Waals surface area contributed by atoms with Crippen molar-refractivity contribution >= 4 is 38.5 Å². The fourth-order valence-corrected chi connectivity index (χ4v) is 11.2. The van der Waals surface area contributed by atoms with E-state index < -0.39 is 5.41 Å². The first kappa shape index (κ1) is 35.7. The van der Waals surface area contributed by atoms with Gasteiger partial charge in [-0.1, -0.05) is 190 Å². The Morgan fingerprint density at radius 2 is 1.03 bits per heavy atom. The average molecular weight is 780 g/mol. The average Bonchev–Trinajstić information content (AvgIpc) is 3.74. The third-order valence-electron chi connectivity index (χ3n) is 14.0. The smallest absolute Gasteiger partial charge is 0.0710 e. The first-order chi connectivity index (χ1) is 30.0. The Morgan fingerprint density at radius 3 is 1.84 bits per heavy atom. The van der Waals surface area contributed by atoms with Crippen LogP contribution in [0.5, 0.6) is 0 Å². The maximum atomic E-state index is 2.56. The lowest BCUT2D eigenvalue weighted by Gasteiger charge is -2.37. The van der Waals surface area contributed by atoms with Gasteiger partial charge in [-0.05, 0) is 138 Å². The molecule has 9 aromatic rings. The largest absolute Gasteiger partial charge is 0.314 e. The van der Waals surface area contributed by atoms with E-state index in [-0.39, 0.29) is 5.41 Å². The molecule has 0 fully saturated rings. The van der Waals surface area contributed by atoms with Crippen LogP contribution in [-0.4, -0.2) is 0 Å². The van der Waals surface area contributed by atoms with E-state index in [2.05, 4.69) is 231 Å². The van der Waals surface area contributed by atoms with Crippen LogP contribution in [0.2, 0.25) is 0 Å². The SMILES string of the molecule is CC1(C)c2ccccc2-c2cc(-c3cccc(N(C4=CC5=C(CC4)c4ccccc4C5(c4ccccc4)c4ccccc4)c4ccc5c(ccc6ccccc65)c4)c3)ccc21. The van der Waals surface area contributed by atoms with Crippen LogP contribution in [0.25, 0.3) is 49.4 Å². The maximum Gasteiger partial charge on any atom is 0.0710 e. The molecule has 0 bridgehead atoms. The third kappa shape index (κ3) is 5.33. The molecular formula is C60H45N. The zero-order chi connectivity index (χ0) is 40.7. The van der Waals surface area contributed by atoms with Gasteiger partial charge in [-0.3, -0.25) is 0 Å². The Morgan fingerprint density at radius 1 is 0.410 bits per heavy atom. The summed E-state index contributed by atoms with van der Waals surface area (Å²) in [7, 11) is 0. The second-order valence-corrected chi connectivity index (χ2v) is 17.6. The highest BCUT2D eigenvalue weighted by atomic mass is 15.1. The minimum atomic E-state index is -0.454. The summed E-state index contributed by atoms with van der Waals surface area (Å²) in [6.45, 7) is 4.71. The second-order valence-electron chi connectivity index (χ2n) is 17.6. The number of rotatable bonds is 6. The Hall–Kier alpha value is -7.22. The van der Waals surface area contributed by atoms with Crippen LogP contribution in [0.1, 0.15) is 60.1 Å². The number of nitrogens with zero attached hydrogens (tertiary/aromatic N) is 1. The molecule has 0 spiro atoms. The summed E-state index contributed by atoms with van der Waals surface area (Å²) in [5, 5.41) is 5.07. The van der Waals surface area contributed by atoms with Crippen molar-refractivity contribution < 1.29 is 0 Å². The molecule has 290 valence electrons. The number of anilines is 2. The van der Waals surface area contributed by atoms with Gasteiger partial charge in [0, 0.05) is 22.5 Å². The van der Waals surface area contributed by atoms with Gasteiger partial charge in [0.1, 0.15) is 0 Å². The van der Waals surface area contributed by atoms with Crippen LogP contribution in [0, 0.1) is 0 Å². The van der Waals surface area contributed by atoms with E-state index in [9.17, 15) is 0 Å². The highest BCUT2D eigenvalue weighted by Gasteiger charge is 2.48. The maximum absolute atomic E-state index is 2.56. The summed E-state index contributed by atoms with van der Waals surface area (Å²) in [6.07, 6.45) is 4.43. The fourth-order valence-electron chi connectivity index (χ4n) is 11.2. The highest BCUT2D eigenvalue weighted by Crippen LogP contribution is 2.58. The lowest BCUT2D eigenvalue weighted by Crippen LogP contribution is -2.30. The predicted octanol–water partition coefficient (Wildman–Crippen LogP) is 15.6. The van der Waals surface area contributed by atoms with E-state index in [0.717, 1.165) is 18.5 Å². The molecule has 9 aromatic carbocycles. The molecule has 0 atom stereocenters. The molecule has 0 aliphatic heterocycles. The molecule has 1 heteroatoms. The molecule has 0 N–H and O–H groups in total. The number of hydrogen-bond donors (Lipinski definition) is 0. The number of hydrogen-bond acceptors (Lipinski definition) is 1. The van der Waals surface area contributed by atoms with Crippen molar-refractivity contribution in [3.63, 3.8) is 0 Å². The van der Waals surface area contributed by atoms with E-state index in [4.69, 9.17) is 0 Å². The van der Waals surface area contributed by atoms with Gasteiger partial charge < -0.3 is 4.90 Å². The molecule has 0 radical (unpaired) electrons. The van der Waals surface area contributed by atoms with Crippen LogP contribution in [-0.2, 0) is 10.8 Å². The Labute approximate surface area is 358 Å². The summed E-state index contributed by atoms with van der Waals surface area (Å²) in [4.78, 5) is 2.55. The molecule has 61 heavy (non-hydrogen) atoms. The summed E-state index contributed by atoms with van der Waals surface area (Å²) in [6, 6.07) is 77.2. The van der Waals surface area contributed by atoms with Crippen LogP contribution >= 0.6 is 0 Å². The topological polar surface area (TPSA) is 3.24 Å². The normalized spacial score (nSPS) is 15.5. The van der Waals surface area contributed by atoms with Crippen molar-refractivity contribution in [2.24, 2.45) is 0 Å². The van der Waals surface area contributed by atoms with Gasteiger partial charge in [-0.25, -0.2) is 0 Å². The zero-order valence-corrected chi connectivity index (χ0v) is 34.6. The first-order valence-electron chi connectivity index (χ1n) is 21.7. The summed E-state index contributed by atoms with van der Waals surface area (Å²) < 4.78 is 0. The van der Waals surface area contributed by atoms with Crippen molar-refractivity contribution in [1.29, 1.82) is 0 Å². The van der Waals surface area contributed by atoms with Gasteiger partial charge in [0.2, 0.25) is 0 Å². The first-order valence-corrected chi connectivity index (χ1v) is 21.7. The Bertz CT molecular complexity index is 3230. The molecule has 0 heterocycles. The summed E-state index contributed by atoms with van der Waals surface area (Å²) in [5.41, 5.74) is 19.2. The zero-order valence-electron chi connectivity index (χ0n) is 34.6. The van der Waals surface area contributed by atoms with Gasteiger partial charge in [-0.15, -0.1) is 0 Å². The molecule has 0 saturated heterocycles. The lowest BCUT2D eigenvalue weighted by molar-refractivity contribution is 0.660. The predicted molar refractivity (Wildman–Crippen MR) is 256 cm³/mol. The minimum absolute atomic E-state index is 0.0277. The van der Waals surface area contributed by atoms with E-state index in [1.165, 1.54) is 99.7 Å². The minimum Gasteiger partial charge on any atom is -0.314 e. The molecule has 3 aliphatic carbocycles. The Kier molecular flexibility index (Phi) is 7.99. The van der Waals surface area contributed by atoms with Crippen LogP contribution < -0.4 is 4.90 Å².